The predicted octanol–water partition coefficient (Wildman–Crippen LogP) is 2.81. The third-order valence-corrected chi connectivity index (χ3v) is 5.50. The first-order chi connectivity index (χ1) is 13.1. The predicted molar refractivity (Wildman–Crippen MR) is 99.4 cm³/mol. The van der Waals surface area contributed by atoms with Crippen LogP contribution in [0.2, 0.25) is 0 Å². The maximum absolute atomic E-state index is 13.3. The Labute approximate surface area is 159 Å². The van der Waals surface area contributed by atoms with E-state index in [9.17, 15) is 14.0 Å². The van der Waals surface area contributed by atoms with Crippen molar-refractivity contribution in [2.75, 3.05) is 30.8 Å². The molecule has 140 valence electrons. The van der Waals surface area contributed by atoms with Crippen LogP contribution in [0.25, 0.3) is 0 Å². The van der Waals surface area contributed by atoms with E-state index in [0.29, 0.717) is 36.2 Å². The van der Waals surface area contributed by atoms with Gasteiger partial charge in [0.05, 0.1) is 5.75 Å². The van der Waals surface area contributed by atoms with Crippen LogP contribution < -0.4 is 14.8 Å². The zero-order valence-electron chi connectivity index (χ0n) is 14.3. The summed E-state index contributed by atoms with van der Waals surface area (Å²) in [4.78, 5) is 26.2. The molecule has 1 saturated heterocycles. The van der Waals surface area contributed by atoms with Gasteiger partial charge in [0.25, 0.3) is 0 Å². The average Bonchev–Trinajstić information content (AvgIpc) is 3.02. The highest BCUT2D eigenvalue weighted by molar-refractivity contribution is 8.00. The molecule has 8 heteroatoms. The number of amides is 2. The molecule has 2 aromatic rings. The van der Waals surface area contributed by atoms with Crippen LogP contribution in [-0.4, -0.2) is 42.2 Å². The van der Waals surface area contributed by atoms with Gasteiger partial charge in [0.2, 0.25) is 11.8 Å². The second-order valence-electron chi connectivity index (χ2n) is 6.15. The number of benzene rings is 2. The standard InChI is InChI=1S/C19H17FN2O4S/c20-13-2-1-3-14(9-13)21-17(23)10-22-18(24)11-27-19(22)12-4-5-15-16(8-12)26-7-6-25-15/h1-5,8-9,19H,6-7,10-11H2,(H,21,23)/t19-/m1/s1. The van der Waals surface area contributed by atoms with Crippen molar-refractivity contribution >= 4 is 29.3 Å². The fraction of sp³-hybridized carbons (Fsp3) is 0.263. The molecule has 0 spiro atoms. The Balaban J connectivity index is 1.49. The van der Waals surface area contributed by atoms with E-state index in [2.05, 4.69) is 5.32 Å². The Kier molecular flexibility index (Phi) is 4.89. The van der Waals surface area contributed by atoms with Crippen molar-refractivity contribution in [3.63, 3.8) is 0 Å². The van der Waals surface area contributed by atoms with Gasteiger partial charge in [-0.3, -0.25) is 9.59 Å². The van der Waals surface area contributed by atoms with Crippen LogP contribution >= 0.6 is 11.8 Å². The number of nitrogens with one attached hydrogen (secondary N) is 1. The Bertz CT molecular complexity index is 892. The normalized spacial score (nSPS) is 18.5. The van der Waals surface area contributed by atoms with Gasteiger partial charge < -0.3 is 19.7 Å². The molecule has 0 unspecified atom stereocenters. The van der Waals surface area contributed by atoms with Crippen LogP contribution in [0.3, 0.4) is 0 Å². The van der Waals surface area contributed by atoms with E-state index in [4.69, 9.17) is 9.47 Å². The van der Waals surface area contributed by atoms with E-state index in [0.717, 1.165) is 5.56 Å². The quantitative estimate of drug-likeness (QED) is 0.872. The van der Waals surface area contributed by atoms with Gasteiger partial charge >= 0.3 is 0 Å². The molecular weight excluding hydrogens is 371 g/mol. The Hall–Kier alpha value is -2.74. The van der Waals surface area contributed by atoms with Crippen LogP contribution in [0.5, 0.6) is 11.5 Å². The van der Waals surface area contributed by atoms with Gasteiger partial charge in [0.15, 0.2) is 11.5 Å². The smallest absolute Gasteiger partial charge is 0.244 e. The van der Waals surface area contributed by atoms with Gasteiger partial charge in [-0.2, -0.15) is 0 Å². The van der Waals surface area contributed by atoms with Crippen molar-refractivity contribution in [1.82, 2.24) is 4.90 Å². The number of ether oxygens (including phenoxy) is 2. The van der Waals surface area contributed by atoms with Gasteiger partial charge in [-0.25, -0.2) is 4.39 Å². The lowest BCUT2D eigenvalue weighted by Gasteiger charge is -2.25. The molecule has 4 rings (SSSR count). The molecule has 27 heavy (non-hydrogen) atoms. The maximum Gasteiger partial charge on any atom is 0.244 e. The second kappa shape index (κ2) is 7.48. The molecule has 0 radical (unpaired) electrons. The third kappa shape index (κ3) is 3.85. The fourth-order valence-corrected chi connectivity index (χ4v) is 4.21. The first kappa shape index (κ1) is 17.7. The second-order valence-corrected chi connectivity index (χ2v) is 7.22. The summed E-state index contributed by atoms with van der Waals surface area (Å²) in [5.41, 5.74) is 1.23. The fourth-order valence-electron chi connectivity index (χ4n) is 3.04. The Morgan fingerprint density at radius 1 is 1.19 bits per heavy atom. The molecule has 1 N–H and O–H groups in total. The van der Waals surface area contributed by atoms with Gasteiger partial charge in [0, 0.05) is 5.69 Å². The average molecular weight is 388 g/mol. The SMILES string of the molecule is O=C(CN1C(=O)CS[C@@H]1c1ccc2c(c1)OCCO2)Nc1cccc(F)c1. The lowest BCUT2D eigenvalue weighted by Crippen LogP contribution is -2.36. The first-order valence-corrected chi connectivity index (χ1v) is 9.51. The van der Waals surface area contributed by atoms with Crippen molar-refractivity contribution in [2.45, 2.75) is 5.37 Å². The minimum Gasteiger partial charge on any atom is -0.486 e. The highest BCUT2D eigenvalue weighted by atomic mass is 32.2. The maximum atomic E-state index is 13.3. The van der Waals surface area contributed by atoms with Gasteiger partial charge in [-0.05, 0) is 35.9 Å². The van der Waals surface area contributed by atoms with E-state index in [-0.39, 0.29) is 23.7 Å². The summed E-state index contributed by atoms with van der Waals surface area (Å²) in [5.74, 6) is 0.687. The van der Waals surface area contributed by atoms with Crippen LogP contribution in [-0.2, 0) is 9.59 Å². The van der Waals surface area contributed by atoms with Gasteiger partial charge in [-0.1, -0.05) is 12.1 Å². The number of rotatable bonds is 4. The molecule has 6 nitrogen and oxygen atoms in total. The highest BCUT2D eigenvalue weighted by Crippen LogP contribution is 2.42. The van der Waals surface area contributed by atoms with E-state index in [1.54, 1.807) is 6.07 Å². The highest BCUT2D eigenvalue weighted by Gasteiger charge is 2.34. The van der Waals surface area contributed by atoms with Crippen molar-refractivity contribution in [1.29, 1.82) is 0 Å². The molecule has 2 amide bonds. The van der Waals surface area contributed by atoms with Gasteiger partial charge in [0.1, 0.15) is 30.9 Å². The molecule has 2 heterocycles. The number of carbonyl (C=O) groups excluding carboxylic acids is 2. The summed E-state index contributed by atoms with van der Waals surface area (Å²) in [6, 6.07) is 11.2. The van der Waals surface area contributed by atoms with Crippen LogP contribution in [0.4, 0.5) is 10.1 Å². The molecular formula is C19H17FN2O4S. The molecule has 1 fully saturated rings. The zero-order chi connectivity index (χ0) is 18.8. The minimum atomic E-state index is -0.435. The summed E-state index contributed by atoms with van der Waals surface area (Å²) in [6.07, 6.45) is 0. The van der Waals surface area contributed by atoms with Crippen molar-refractivity contribution < 1.29 is 23.5 Å². The Morgan fingerprint density at radius 3 is 2.81 bits per heavy atom. The summed E-state index contributed by atoms with van der Waals surface area (Å²) in [6.45, 7) is 0.879. The number of anilines is 1. The van der Waals surface area contributed by atoms with Crippen LogP contribution in [0, 0.1) is 5.82 Å². The topological polar surface area (TPSA) is 67.9 Å². The largest absolute Gasteiger partial charge is 0.486 e. The third-order valence-electron chi connectivity index (χ3n) is 4.24. The first-order valence-electron chi connectivity index (χ1n) is 8.46. The van der Waals surface area contributed by atoms with E-state index < -0.39 is 5.82 Å². The van der Waals surface area contributed by atoms with Crippen LogP contribution in [0.15, 0.2) is 42.5 Å². The number of halogens is 1. The van der Waals surface area contributed by atoms with Gasteiger partial charge in [-0.15, -0.1) is 11.8 Å². The number of fused-ring (bicyclic) bond motifs is 1. The number of hydrogen-bond acceptors (Lipinski definition) is 5. The number of nitrogens with zero attached hydrogens (tertiary/aromatic N) is 1. The molecule has 0 bridgehead atoms. The van der Waals surface area contributed by atoms with E-state index in [1.807, 2.05) is 18.2 Å². The van der Waals surface area contributed by atoms with E-state index >= 15 is 0 Å². The van der Waals surface area contributed by atoms with Crippen molar-refractivity contribution in [3.8, 4) is 11.5 Å². The number of hydrogen-bond donors (Lipinski definition) is 1. The summed E-state index contributed by atoms with van der Waals surface area (Å²) >= 11 is 1.45. The number of thioether (sulfide) groups is 1. The van der Waals surface area contributed by atoms with Crippen LogP contribution in [0.1, 0.15) is 10.9 Å². The Morgan fingerprint density at radius 2 is 2.00 bits per heavy atom. The summed E-state index contributed by atoms with van der Waals surface area (Å²) < 4.78 is 24.4. The number of carbonyl (C=O) groups is 2. The minimum absolute atomic E-state index is 0.110. The zero-order valence-corrected chi connectivity index (χ0v) is 15.1. The molecule has 2 aromatic carbocycles. The molecule has 2 aliphatic heterocycles. The summed E-state index contributed by atoms with van der Waals surface area (Å²) in [5, 5.41) is 2.34. The molecule has 1 atom stereocenters. The molecule has 0 aromatic heterocycles. The lowest BCUT2D eigenvalue weighted by atomic mass is 10.1. The lowest BCUT2D eigenvalue weighted by molar-refractivity contribution is -0.132. The van der Waals surface area contributed by atoms with E-state index in [1.165, 1.54) is 34.9 Å². The summed E-state index contributed by atoms with van der Waals surface area (Å²) in [7, 11) is 0. The monoisotopic (exact) mass is 388 g/mol. The molecule has 0 saturated carbocycles. The molecule has 2 aliphatic rings. The molecule has 0 aliphatic carbocycles. The van der Waals surface area contributed by atoms with Crippen molar-refractivity contribution in [3.05, 3.63) is 53.8 Å². The van der Waals surface area contributed by atoms with Crippen molar-refractivity contribution in [2.24, 2.45) is 0 Å².